The molecule has 0 saturated heterocycles. The van der Waals surface area contributed by atoms with Gasteiger partial charge in [0.25, 0.3) is 5.22 Å². The summed E-state index contributed by atoms with van der Waals surface area (Å²) in [5.74, 6) is 1.84. The molecule has 0 aliphatic heterocycles. The highest BCUT2D eigenvalue weighted by Crippen LogP contribution is 2.32. The summed E-state index contributed by atoms with van der Waals surface area (Å²) in [4.78, 5) is 0. The Labute approximate surface area is 144 Å². The summed E-state index contributed by atoms with van der Waals surface area (Å²) in [5.41, 5.74) is 0.716. The molecule has 0 amide bonds. The van der Waals surface area contributed by atoms with Crippen molar-refractivity contribution in [3.8, 4) is 35.1 Å². The smallest absolute Gasteiger partial charge is 0.276 e. The molecule has 0 aliphatic carbocycles. The number of thioether (sulfide) groups is 1. The fraction of sp³-hybridized carbons (Fsp3) is 0.375. The van der Waals surface area contributed by atoms with Gasteiger partial charge in [-0.3, -0.25) is 0 Å². The van der Waals surface area contributed by atoms with E-state index >= 15 is 0 Å². The molecule has 1 heterocycles. The van der Waals surface area contributed by atoms with E-state index < -0.39 is 0 Å². The van der Waals surface area contributed by atoms with Gasteiger partial charge in [0.1, 0.15) is 0 Å². The van der Waals surface area contributed by atoms with Gasteiger partial charge in [0.15, 0.2) is 11.5 Å². The number of hydrogen-bond acceptors (Lipinski definition) is 8. The molecule has 24 heavy (non-hydrogen) atoms. The summed E-state index contributed by atoms with van der Waals surface area (Å²) < 4.78 is 16.1. The van der Waals surface area contributed by atoms with E-state index in [2.05, 4.69) is 16.3 Å². The zero-order chi connectivity index (χ0) is 17.4. The maximum atomic E-state index is 9.06. The fourth-order valence-electron chi connectivity index (χ4n) is 1.95. The van der Waals surface area contributed by atoms with Crippen LogP contribution in [0.15, 0.2) is 27.8 Å². The summed E-state index contributed by atoms with van der Waals surface area (Å²) in [6.07, 6.45) is 0.899. The van der Waals surface area contributed by atoms with Crippen molar-refractivity contribution < 1.29 is 13.9 Å². The average Bonchev–Trinajstić information content (AvgIpc) is 3.10. The first-order chi connectivity index (χ1) is 11.7. The standard InChI is InChI=1S/C16H16N4O3S/c1-21-13-6-5-12(8-14(13)22-2)15-19-20-16(23-15)24-10-11(9-18)4-3-7-17/h5-6,8,11H,3-4,10H2,1-2H3/t11-/m0/s1. The lowest BCUT2D eigenvalue weighted by molar-refractivity contribution is 0.355. The lowest BCUT2D eigenvalue weighted by Gasteiger charge is -2.07. The van der Waals surface area contributed by atoms with Crippen LogP contribution in [0.5, 0.6) is 11.5 Å². The van der Waals surface area contributed by atoms with E-state index in [1.165, 1.54) is 11.8 Å². The molecule has 0 spiro atoms. The SMILES string of the molecule is COc1ccc(-c2nnc(SC[C@H](C#N)CCC#N)o2)cc1OC. The van der Waals surface area contributed by atoms with Gasteiger partial charge in [-0.15, -0.1) is 10.2 Å². The molecular formula is C16H16N4O3S. The van der Waals surface area contributed by atoms with Gasteiger partial charge in [-0.1, -0.05) is 11.8 Å². The van der Waals surface area contributed by atoms with Gasteiger partial charge in [-0.2, -0.15) is 10.5 Å². The van der Waals surface area contributed by atoms with Crippen molar-refractivity contribution in [2.24, 2.45) is 5.92 Å². The molecule has 124 valence electrons. The first-order valence-electron chi connectivity index (χ1n) is 7.17. The number of aromatic nitrogens is 2. The average molecular weight is 344 g/mol. The summed E-state index contributed by atoms with van der Waals surface area (Å²) in [6, 6.07) is 9.54. The topological polar surface area (TPSA) is 105 Å². The van der Waals surface area contributed by atoms with Crippen molar-refractivity contribution in [2.75, 3.05) is 20.0 Å². The number of benzene rings is 1. The van der Waals surface area contributed by atoms with Gasteiger partial charge in [-0.25, -0.2) is 0 Å². The number of methoxy groups -OCH3 is 2. The lowest BCUT2D eigenvalue weighted by Crippen LogP contribution is -2.00. The minimum Gasteiger partial charge on any atom is -0.493 e. The van der Waals surface area contributed by atoms with Crippen LogP contribution in [0, 0.1) is 28.6 Å². The van der Waals surface area contributed by atoms with Crippen molar-refractivity contribution in [3.05, 3.63) is 18.2 Å². The normalized spacial score (nSPS) is 11.3. The molecule has 0 saturated carbocycles. The van der Waals surface area contributed by atoms with Crippen molar-refractivity contribution >= 4 is 11.8 Å². The molecule has 0 bridgehead atoms. The van der Waals surface area contributed by atoms with Gasteiger partial charge in [0.2, 0.25) is 5.89 Å². The summed E-state index contributed by atoms with van der Waals surface area (Å²) in [7, 11) is 3.12. The van der Waals surface area contributed by atoms with Crippen LogP contribution in [0.4, 0.5) is 0 Å². The molecule has 1 atom stereocenters. The van der Waals surface area contributed by atoms with Gasteiger partial charge in [0, 0.05) is 17.7 Å². The Kier molecular flexibility index (Phi) is 6.47. The predicted octanol–water partition coefficient (Wildman–Crippen LogP) is 3.29. The van der Waals surface area contributed by atoms with E-state index in [4.69, 9.17) is 24.4 Å². The number of ether oxygens (including phenoxy) is 2. The maximum Gasteiger partial charge on any atom is 0.276 e. The Morgan fingerprint density at radius 3 is 2.67 bits per heavy atom. The van der Waals surface area contributed by atoms with Gasteiger partial charge < -0.3 is 13.9 Å². The third-order valence-corrected chi connectivity index (χ3v) is 4.21. The van der Waals surface area contributed by atoms with Crippen LogP contribution < -0.4 is 9.47 Å². The molecule has 0 radical (unpaired) electrons. The van der Waals surface area contributed by atoms with Crippen molar-refractivity contribution in [1.29, 1.82) is 10.5 Å². The first kappa shape index (κ1) is 17.6. The van der Waals surface area contributed by atoms with Crippen LogP contribution in [-0.2, 0) is 0 Å². The largest absolute Gasteiger partial charge is 0.493 e. The highest BCUT2D eigenvalue weighted by atomic mass is 32.2. The summed E-state index contributed by atoms with van der Waals surface area (Å²) >= 11 is 1.31. The van der Waals surface area contributed by atoms with Crippen molar-refractivity contribution in [2.45, 2.75) is 18.1 Å². The number of nitrogens with zero attached hydrogens (tertiary/aromatic N) is 4. The molecule has 7 nitrogen and oxygen atoms in total. The monoisotopic (exact) mass is 344 g/mol. The highest BCUT2D eigenvalue weighted by Gasteiger charge is 2.14. The third-order valence-electron chi connectivity index (χ3n) is 3.23. The van der Waals surface area contributed by atoms with E-state index in [9.17, 15) is 0 Å². The Balaban J connectivity index is 2.05. The zero-order valence-electron chi connectivity index (χ0n) is 13.4. The molecule has 2 aromatic rings. The molecule has 0 fully saturated rings. The second-order valence-electron chi connectivity index (χ2n) is 4.78. The molecule has 1 aromatic carbocycles. The van der Waals surface area contributed by atoms with Crippen LogP contribution in [0.3, 0.4) is 0 Å². The molecule has 1 aromatic heterocycles. The summed E-state index contributed by atoms with van der Waals surface area (Å²) in [6.45, 7) is 0. The molecular weight excluding hydrogens is 328 g/mol. The van der Waals surface area contributed by atoms with E-state index in [0.717, 1.165) is 0 Å². The van der Waals surface area contributed by atoms with E-state index in [1.807, 2.05) is 6.07 Å². The maximum absolute atomic E-state index is 9.06. The van der Waals surface area contributed by atoms with E-state index in [-0.39, 0.29) is 5.92 Å². The van der Waals surface area contributed by atoms with Crippen LogP contribution in [0.1, 0.15) is 12.8 Å². The lowest BCUT2D eigenvalue weighted by atomic mass is 10.1. The third kappa shape index (κ3) is 4.40. The Hall–Kier alpha value is -2.71. The zero-order valence-corrected chi connectivity index (χ0v) is 14.2. The van der Waals surface area contributed by atoms with Crippen LogP contribution in [0.2, 0.25) is 0 Å². The highest BCUT2D eigenvalue weighted by molar-refractivity contribution is 7.99. The second kappa shape index (κ2) is 8.80. The van der Waals surface area contributed by atoms with E-state index in [0.29, 0.717) is 46.8 Å². The van der Waals surface area contributed by atoms with Crippen molar-refractivity contribution in [3.63, 3.8) is 0 Å². The molecule has 0 unspecified atom stereocenters. The van der Waals surface area contributed by atoms with Crippen LogP contribution >= 0.6 is 11.8 Å². The van der Waals surface area contributed by atoms with Crippen molar-refractivity contribution in [1.82, 2.24) is 10.2 Å². The second-order valence-corrected chi connectivity index (χ2v) is 5.75. The Morgan fingerprint density at radius 1 is 1.21 bits per heavy atom. The predicted molar refractivity (Wildman–Crippen MR) is 87.5 cm³/mol. The first-order valence-corrected chi connectivity index (χ1v) is 8.15. The Morgan fingerprint density at radius 2 is 2.00 bits per heavy atom. The fourth-order valence-corrected chi connectivity index (χ4v) is 2.77. The number of rotatable bonds is 8. The van der Waals surface area contributed by atoms with Crippen LogP contribution in [0.25, 0.3) is 11.5 Å². The van der Waals surface area contributed by atoms with E-state index in [1.54, 1.807) is 32.4 Å². The van der Waals surface area contributed by atoms with Gasteiger partial charge in [-0.05, 0) is 24.6 Å². The van der Waals surface area contributed by atoms with Crippen LogP contribution in [-0.4, -0.2) is 30.2 Å². The number of nitriles is 2. The molecule has 8 heteroatoms. The summed E-state index contributed by atoms with van der Waals surface area (Å²) in [5, 5.41) is 26.0. The molecule has 0 N–H and O–H groups in total. The van der Waals surface area contributed by atoms with Gasteiger partial charge in [0.05, 0.1) is 32.3 Å². The minimum atomic E-state index is -0.217. The minimum absolute atomic E-state index is 0.217. The number of hydrogen-bond donors (Lipinski definition) is 0. The molecule has 2 rings (SSSR count). The Bertz CT molecular complexity index is 763. The van der Waals surface area contributed by atoms with Gasteiger partial charge >= 0.3 is 0 Å². The molecule has 0 aliphatic rings. The quantitative estimate of drug-likeness (QED) is 0.672.